The van der Waals surface area contributed by atoms with Crippen LogP contribution in [0.3, 0.4) is 0 Å². The molecule has 1 N–H and O–H groups in total. The second kappa shape index (κ2) is 10.8. The van der Waals surface area contributed by atoms with Gasteiger partial charge in [-0.3, -0.25) is 4.79 Å². The van der Waals surface area contributed by atoms with Crippen molar-refractivity contribution >= 4 is 16.8 Å². The molecule has 1 heterocycles. The van der Waals surface area contributed by atoms with Gasteiger partial charge >= 0.3 is 0 Å². The number of carbonyl (C=O) groups excluding carboxylic acids is 1. The van der Waals surface area contributed by atoms with Gasteiger partial charge in [0.15, 0.2) is 0 Å². The molecule has 0 aliphatic rings. The molecule has 2 aromatic rings. The molecule has 0 fully saturated rings. The van der Waals surface area contributed by atoms with Gasteiger partial charge < -0.3 is 15.0 Å². The lowest BCUT2D eigenvalue weighted by Gasteiger charge is -2.18. The van der Waals surface area contributed by atoms with Crippen LogP contribution < -0.4 is 10.1 Å². The average Bonchev–Trinajstić information content (AvgIpc) is 2.68. The highest BCUT2D eigenvalue weighted by Gasteiger charge is 2.13. The third kappa shape index (κ3) is 5.70. The van der Waals surface area contributed by atoms with E-state index in [-0.39, 0.29) is 5.91 Å². The number of benzene rings is 1. The summed E-state index contributed by atoms with van der Waals surface area (Å²) in [5.74, 6) is 0.447. The van der Waals surface area contributed by atoms with Gasteiger partial charge in [-0.1, -0.05) is 51.8 Å². The van der Waals surface area contributed by atoms with Crippen molar-refractivity contribution < 1.29 is 9.53 Å². The summed E-state index contributed by atoms with van der Waals surface area (Å²) in [4.78, 5) is 19.6. The topological polar surface area (TPSA) is 54.5 Å². The average molecular weight is 357 g/mol. The summed E-state index contributed by atoms with van der Waals surface area (Å²) in [5.41, 5.74) is 1.41. The summed E-state index contributed by atoms with van der Waals surface area (Å²) in [6.45, 7) is 10.5. The summed E-state index contributed by atoms with van der Waals surface area (Å²) in [6, 6.07) is 9.47. The summed E-state index contributed by atoms with van der Waals surface area (Å²) in [7, 11) is 0. The van der Waals surface area contributed by atoms with Crippen LogP contribution in [-0.4, -0.2) is 48.6 Å². The number of unbranched alkanes of at least 4 members (excludes halogenated alkanes) is 2. The van der Waals surface area contributed by atoms with Crippen LogP contribution in [0.15, 0.2) is 30.3 Å². The molecule has 0 saturated heterocycles. The van der Waals surface area contributed by atoms with Gasteiger partial charge in [-0.15, -0.1) is 0 Å². The van der Waals surface area contributed by atoms with Crippen molar-refractivity contribution in [3.05, 3.63) is 35.9 Å². The molecule has 0 saturated carbocycles. The van der Waals surface area contributed by atoms with E-state index in [1.54, 1.807) is 6.07 Å². The number of pyridine rings is 1. The first kappa shape index (κ1) is 20.2. The molecular formula is C21H31N3O2. The second-order valence-corrected chi connectivity index (χ2v) is 6.36. The molecular weight excluding hydrogens is 326 g/mol. The maximum absolute atomic E-state index is 12.7. The van der Waals surface area contributed by atoms with Gasteiger partial charge in [-0.25, -0.2) is 4.98 Å². The standard InChI is InChI=1S/C21H31N3O2/c1-4-7-10-15-26-20-16-18(17-11-8-9-12-19(17)23-20)21(25)22-13-14-24(5-2)6-3/h8-9,11-12,16H,4-7,10,13-15H2,1-3H3,(H,22,25). The van der Waals surface area contributed by atoms with Crippen molar-refractivity contribution in [2.45, 2.75) is 40.0 Å². The minimum atomic E-state index is -0.0748. The minimum absolute atomic E-state index is 0.0748. The lowest BCUT2D eigenvalue weighted by atomic mass is 10.1. The van der Waals surface area contributed by atoms with E-state index in [0.717, 1.165) is 49.8 Å². The van der Waals surface area contributed by atoms with Gasteiger partial charge in [0, 0.05) is 24.5 Å². The lowest BCUT2D eigenvalue weighted by Crippen LogP contribution is -2.34. The second-order valence-electron chi connectivity index (χ2n) is 6.36. The smallest absolute Gasteiger partial charge is 0.252 e. The van der Waals surface area contributed by atoms with Crippen molar-refractivity contribution in [3.8, 4) is 5.88 Å². The van der Waals surface area contributed by atoms with Crippen molar-refractivity contribution in [2.24, 2.45) is 0 Å². The number of hydrogen-bond acceptors (Lipinski definition) is 4. The van der Waals surface area contributed by atoms with Crippen molar-refractivity contribution in [1.29, 1.82) is 0 Å². The van der Waals surface area contributed by atoms with Crippen LogP contribution in [0.5, 0.6) is 5.88 Å². The number of para-hydroxylation sites is 1. The quantitative estimate of drug-likeness (QED) is 0.620. The van der Waals surface area contributed by atoms with Gasteiger partial charge in [-0.05, 0) is 25.6 Å². The number of likely N-dealkylation sites (N-methyl/N-ethyl adjacent to an activating group) is 1. The maximum atomic E-state index is 12.7. The normalized spacial score (nSPS) is 11.1. The van der Waals surface area contributed by atoms with E-state index in [4.69, 9.17) is 4.74 Å². The number of fused-ring (bicyclic) bond motifs is 1. The monoisotopic (exact) mass is 357 g/mol. The van der Waals surface area contributed by atoms with Crippen LogP contribution in [0.2, 0.25) is 0 Å². The molecule has 0 aliphatic heterocycles. The van der Waals surface area contributed by atoms with Crippen molar-refractivity contribution in [3.63, 3.8) is 0 Å². The predicted octanol–water partition coefficient (Wildman–Crippen LogP) is 3.88. The molecule has 0 spiro atoms. The molecule has 1 aromatic carbocycles. The highest BCUT2D eigenvalue weighted by Crippen LogP contribution is 2.22. The van der Waals surface area contributed by atoms with E-state index in [1.165, 1.54) is 0 Å². The number of rotatable bonds is 11. The molecule has 1 aromatic heterocycles. The molecule has 142 valence electrons. The van der Waals surface area contributed by atoms with E-state index < -0.39 is 0 Å². The zero-order chi connectivity index (χ0) is 18.8. The Labute approximate surface area is 156 Å². The Balaban J connectivity index is 2.11. The first-order chi connectivity index (χ1) is 12.7. The largest absolute Gasteiger partial charge is 0.478 e. The van der Waals surface area contributed by atoms with Gasteiger partial charge in [0.2, 0.25) is 5.88 Å². The van der Waals surface area contributed by atoms with Gasteiger partial charge in [0.1, 0.15) is 0 Å². The number of carbonyl (C=O) groups is 1. The fourth-order valence-electron chi connectivity index (χ4n) is 2.90. The van der Waals surface area contributed by atoms with Crippen LogP contribution in [-0.2, 0) is 0 Å². The first-order valence-corrected chi connectivity index (χ1v) is 9.72. The minimum Gasteiger partial charge on any atom is -0.478 e. The Hall–Kier alpha value is -2.14. The Kier molecular flexibility index (Phi) is 8.35. The van der Waals surface area contributed by atoms with Gasteiger partial charge in [0.25, 0.3) is 5.91 Å². The Morgan fingerprint density at radius 3 is 2.65 bits per heavy atom. The first-order valence-electron chi connectivity index (χ1n) is 9.72. The Bertz CT molecular complexity index is 699. The fourth-order valence-corrected chi connectivity index (χ4v) is 2.90. The Morgan fingerprint density at radius 1 is 1.15 bits per heavy atom. The van der Waals surface area contributed by atoms with Crippen LogP contribution in [0.1, 0.15) is 50.4 Å². The zero-order valence-corrected chi connectivity index (χ0v) is 16.3. The number of hydrogen-bond donors (Lipinski definition) is 1. The van der Waals surface area contributed by atoms with Crippen LogP contribution in [0.4, 0.5) is 0 Å². The zero-order valence-electron chi connectivity index (χ0n) is 16.3. The number of amides is 1. The fraction of sp³-hybridized carbons (Fsp3) is 0.524. The van der Waals surface area contributed by atoms with Crippen LogP contribution >= 0.6 is 0 Å². The van der Waals surface area contributed by atoms with E-state index in [9.17, 15) is 4.79 Å². The highest BCUT2D eigenvalue weighted by molar-refractivity contribution is 6.06. The third-order valence-electron chi connectivity index (χ3n) is 4.54. The van der Waals surface area contributed by atoms with Crippen LogP contribution in [0, 0.1) is 0 Å². The van der Waals surface area contributed by atoms with E-state index in [0.29, 0.717) is 24.6 Å². The number of nitrogens with zero attached hydrogens (tertiary/aromatic N) is 2. The SMILES string of the molecule is CCCCCOc1cc(C(=O)NCCN(CC)CC)c2ccccc2n1. The molecule has 0 aliphatic carbocycles. The molecule has 0 atom stereocenters. The van der Waals surface area contributed by atoms with Crippen molar-refractivity contribution in [2.75, 3.05) is 32.8 Å². The Morgan fingerprint density at radius 2 is 1.92 bits per heavy atom. The molecule has 5 heteroatoms. The van der Waals surface area contributed by atoms with E-state index in [2.05, 4.69) is 36.0 Å². The molecule has 0 unspecified atom stereocenters. The molecule has 26 heavy (non-hydrogen) atoms. The number of ether oxygens (including phenoxy) is 1. The van der Waals surface area contributed by atoms with Gasteiger partial charge in [0.05, 0.1) is 17.7 Å². The highest BCUT2D eigenvalue weighted by atomic mass is 16.5. The third-order valence-corrected chi connectivity index (χ3v) is 4.54. The summed E-state index contributed by atoms with van der Waals surface area (Å²) in [5, 5.41) is 3.89. The molecule has 2 rings (SSSR count). The van der Waals surface area contributed by atoms with E-state index >= 15 is 0 Å². The molecule has 0 bridgehead atoms. The summed E-state index contributed by atoms with van der Waals surface area (Å²) in [6.07, 6.45) is 3.28. The summed E-state index contributed by atoms with van der Waals surface area (Å²) >= 11 is 0. The number of aromatic nitrogens is 1. The van der Waals surface area contributed by atoms with Gasteiger partial charge in [-0.2, -0.15) is 0 Å². The lowest BCUT2D eigenvalue weighted by molar-refractivity contribution is 0.0950. The van der Waals surface area contributed by atoms with Crippen LogP contribution in [0.25, 0.3) is 10.9 Å². The molecule has 0 radical (unpaired) electrons. The molecule has 1 amide bonds. The molecule has 5 nitrogen and oxygen atoms in total. The number of nitrogens with one attached hydrogen (secondary N) is 1. The van der Waals surface area contributed by atoms with Crippen molar-refractivity contribution in [1.82, 2.24) is 15.2 Å². The van der Waals surface area contributed by atoms with E-state index in [1.807, 2.05) is 24.3 Å². The predicted molar refractivity (Wildman–Crippen MR) is 107 cm³/mol. The maximum Gasteiger partial charge on any atom is 0.252 e. The summed E-state index contributed by atoms with van der Waals surface area (Å²) < 4.78 is 5.79.